The lowest BCUT2D eigenvalue weighted by molar-refractivity contribution is 0.138. The second kappa shape index (κ2) is 11.7. The van der Waals surface area contributed by atoms with Crippen molar-refractivity contribution in [2.45, 2.75) is 45.1 Å². The topological polar surface area (TPSA) is 63.5 Å². The molecule has 0 radical (unpaired) electrons. The average Bonchev–Trinajstić information content (AvgIpc) is 3.25. The summed E-state index contributed by atoms with van der Waals surface area (Å²) in [5.41, 5.74) is 0.379. The zero-order chi connectivity index (χ0) is 16.4. The van der Waals surface area contributed by atoms with Gasteiger partial charge in [0.2, 0.25) is 0 Å². The molecule has 2 N–H and O–H groups in total. The number of nitrogens with zero attached hydrogens (tertiary/aromatic N) is 3. The maximum absolute atomic E-state index is 5.30. The lowest BCUT2D eigenvalue weighted by atomic mass is 9.83. The Hall–Kier alpha value is -0.830. The molecule has 1 aliphatic rings. The van der Waals surface area contributed by atoms with E-state index in [2.05, 4.69) is 25.2 Å². The predicted octanol–water partition coefficient (Wildman–Crippen LogP) is 2.65. The monoisotopic (exact) mass is 449 g/mol. The molecule has 1 aliphatic carbocycles. The van der Waals surface area contributed by atoms with Crippen LogP contribution in [-0.2, 0) is 11.3 Å². The van der Waals surface area contributed by atoms with Crippen LogP contribution in [0.25, 0.3) is 0 Å². The maximum Gasteiger partial charge on any atom is 0.190 e. The molecule has 1 fully saturated rings. The van der Waals surface area contributed by atoms with Crippen molar-refractivity contribution in [2.75, 3.05) is 33.9 Å². The van der Waals surface area contributed by atoms with Crippen molar-refractivity contribution in [3.8, 4) is 0 Å². The number of aryl methyl sites for hydroxylation is 1. The van der Waals surface area contributed by atoms with Gasteiger partial charge >= 0.3 is 0 Å². The van der Waals surface area contributed by atoms with Crippen molar-refractivity contribution in [1.29, 1.82) is 0 Å². The van der Waals surface area contributed by atoms with Gasteiger partial charge < -0.3 is 19.9 Å². The molecule has 1 heterocycles. The molecule has 1 aromatic heterocycles. The summed E-state index contributed by atoms with van der Waals surface area (Å²) in [5.74, 6) is 0.902. The van der Waals surface area contributed by atoms with Crippen LogP contribution in [0.2, 0.25) is 0 Å². The highest BCUT2D eigenvalue weighted by Crippen LogP contribution is 2.40. The van der Waals surface area contributed by atoms with Crippen LogP contribution in [0.4, 0.5) is 0 Å². The lowest BCUT2D eigenvalue weighted by Gasteiger charge is -2.30. The number of aromatic nitrogens is 2. The Morgan fingerprint density at radius 3 is 2.75 bits per heavy atom. The van der Waals surface area contributed by atoms with Gasteiger partial charge in [-0.2, -0.15) is 0 Å². The van der Waals surface area contributed by atoms with Gasteiger partial charge in [0.25, 0.3) is 0 Å². The van der Waals surface area contributed by atoms with Crippen LogP contribution in [0.3, 0.4) is 0 Å². The number of hydrogen-bond acceptors (Lipinski definition) is 3. The Bertz CT molecular complexity index is 458. The Kier molecular flexibility index (Phi) is 10.3. The van der Waals surface area contributed by atoms with Gasteiger partial charge in [-0.1, -0.05) is 12.8 Å². The summed E-state index contributed by atoms with van der Waals surface area (Å²) < 4.78 is 7.39. The van der Waals surface area contributed by atoms with Crippen LogP contribution in [-0.4, -0.2) is 49.4 Å². The van der Waals surface area contributed by atoms with Crippen molar-refractivity contribution in [3.63, 3.8) is 0 Å². The van der Waals surface area contributed by atoms with E-state index in [0.717, 1.165) is 45.0 Å². The van der Waals surface area contributed by atoms with Crippen LogP contribution in [0, 0.1) is 5.41 Å². The van der Waals surface area contributed by atoms with E-state index < -0.39 is 0 Å². The number of methoxy groups -OCH3 is 1. The second-order valence-electron chi connectivity index (χ2n) is 6.46. The fraction of sp³-hybridized carbons (Fsp3) is 0.765. The van der Waals surface area contributed by atoms with E-state index in [9.17, 15) is 0 Å². The minimum absolute atomic E-state index is 0. The minimum atomic E-state index is 0. The lowest BCUT2D eigenvalue weighted by Crippen LogP contribution is -2.43. The molecule has 138 valence electrons. The Morgan fingerprint density at radius 1 is 1.33 bits per heavy atom. The molecule has 1 aromatic rings. The molecule has 0 unspecified atom stereocenters. The quantitative estimate of drug-likeness (QED) is 0.263. The molecule has 0 atom stereocenters. The number of nitrogens with one attached hydrogen (secondary N) is 2. The number of ether oxygens (including phenoxy) is 1. The van der Waals surface area contributed by atoms with Gasteiger partial charge in [0, 0.05) is 52.8 Å². The summed E-state index contributed by atoms with van der Waals surface area (Å²) in [6, 6.07) is 0. The Labute approximate surface area is 162 Å². The number of halogens is 1. The minimum Gasteiger partial charge on any atom is -0.385 e. The van der Waals surface area contributed by atoms with Crippen molar-refractivity contribution in [2.24, 2.45) is 10.4 Å². The molecule has 24 heavy (non-hydrogen) atoms. The van der Waals surface area contributed by atoms with Crippen molar-refractivity contribution in [3.05, 3.63) is 18.7 Å². The van der Waals surface area contributed by atoms with E-state index in [1.807, 2.05) is 25.8 Å². The average molecular weight is 449 g/mol. The molecular weight excluding hydrogens is 417 g/mol. The van der Waals surface area contributed by atoms with Crippen LogP contribution >= 0.6 is 24.0 Å². The van der Waals surface area contributed by atoms with Crippen LogP contribution < -0.4 is 10.6 Å². The number of aliphatic imine (C=N–C) groups is 1. The number of guanidine groups is 1. The highest BCUT2D eigenvalue weighted by molar-refractivity contribution is 14.0. The molecule has 0 amide bonds. The van der Waals surface area contributed by atoms with Crippen molar-refractivity contribution >= 4 is 29.9 Å². The molecule has 0 saturated heterocycles. The highest BCUT2D eigenvalue weighted by atomic mass is 127. The van der Waals surface area contributed by atoms with Gasteiger partial charge in [-0.3, -0.25) is 4.99 Å². The summed E-state index contributed by atoms with van der Waals surface area (Å²) in [4.78, 5) is 8.39. The largest absolute Gasteiger partial charge is 0.385 e. The third kappa shape index (κ3) is 6.96. The van der Waals surface area contributed by atoms with Crippen LogP contribution in [0.5, 0.6) is 0 Å². The maximum atomic E-state index is 5.30. The molecule has 0 bridgehead atoms. The zero-order valence-electron chi connectivity index (χ0n) is 15.0. The molecule has 1 saturated carbocycles. The van der Waals surface area contributed by atoms with E-state index in [-0.39, 0.29) is 24.0 Å². The van der Waals surface area contributed by atoms with Gasteiger partial charge in [0.05, 0.1) is 6.33 Å². The van der Waals surface area contributed by atoms with Crippen molar-refractivity contribution in [1.82, 2.24) is 20.2 Å². The molecular formula is C17H32IN5O. The summed E-state index contributed by atoms with van der Waals surface area (Å²) in [7, 11) is 3.62. The van der Waals surface area contributed by atoms with E-state index in [4.69, 9.17) is 4.74 Å². The Morgan fingerprint density at radius 2 is 2.12 bits per heavy atom. The fourth-order valence-corrected chi connectivity index (χ4v) is 3.34. The van der Waals surface area contributed by atoms with Crippen LogP contribution in [0.1, 0.15) is 38.5 Å². The third-order valence-corrected chi connectivity index (χ3v) is 4.80. The summed E-state index contributed by atoms with van der Waals surface area (Å²) in [5, 5.41) is 6.92. The van der Waals surface area contributed by atoms with E-state index in [1.54, 1.807) is 7.11 Å². The highest BCUT2D eigenvalue weighted by Gasteiger charge is 2.33. The van der Waals surface area contributed by atoms with Gasteiger partial charge in [-0.15, -0.1) is 24.0 Å². The molecule has 0 aliphatic heterocycles. The summed E-state index contributed by atoms with van der Waals surface area (Å²) in [6.07, 6.45) is 13.1. The molecule has 6 nitrogen and oxygen atoms in total. The first kappa shape index (κ1) is 21.2. The summed E-state index contributed by atoms with van der Waals surface area (Å²) in [6.45, 7) is 3.71. The van der Waals surface area contributed by atoms with Gasteiger partial charge in [-0.25, -0.2) is 4.98 Å². The fourth-order valence-electron chi connectivity index (χ4n) is 3.34. The molecule has 0 spiro atoms. The SMILES string of the molecule is CN=C(NCCCn1ccnc1)NCC1(CCOC)CCCC1.I. The van der Waals surface area contributed by atoms with Gasteiger partial charge in [-0.05, 0) is 31.1 Å². The molecule has 7 heteroatoms. The first-order valence-electron chi connectivity index (χ1n) is 8.67. The summed E-state index contributed by atoms with van der Waals surface area (Å²) >= 11 is 0. The second-order valence-corrected chi connectivity index (χ2v) is 6.46. The zero-order valence-corrected chi connectivity index (χ0v) is 17.3. The first-order valence-corrected chi connectivity index (χ1v) is 8.67. The van der Waals surface area contributed by atoms with E-state index in [1.165, 1.54) is 25.7 Å². The standard InChI is InChI=1S/C17H31N5O.HI/c1-18-16(20-9-5-11-22-12-10-19-15-22)21-14-17(8-13-23-2)6-3-4-7-17;/h10,12,15H,3-9,11,13-14H2,1-2H3,(H2,18,20,21);1H. The Balaban J connectivity index is 0.00000288. The third-order valence-electron chi connectivity index (χ3n) is 4.80. The number of hydrogen-bond donors (Lipinski definition) is 2. The van der Waals surface area contributed by atoms with Crippen molar-refractivity contribution < 1.29 is 4.74 Å². The molecule has 2 rings (SSSR count). The van der Waals surface area contributed by atoms with E-state index in [0.29, 0.717) is 5.41 Å². The molecule has 0 aromatic carbocycles. The van der Waals surface area contributed by atoms with Gasteiger partial charge in [0.15, 0.2) is 5.96 Å². The smallest absolute Gasteiger partial charge is 0.190 e. The number of rotatable bonds is 9. The number of imidazole rings is 1. The van der Waals surface area contributed by atoms with Crippen LogP contribution in [0.15, 0.2) is 23.7 Å². The van der Waals surface area contributed by atoms with Gasteiger partial charge in [0.1, 0.15) is 0 Å². The predicted molar refractivity (Wildman–Crippen MR) is 109 cm³/mol. The first-order chi connectivity index (χ1) is 11.3. The van der Waals surface area contributed by atoms with E-state index >= 15 is 0 Å². The normalized spacial score (nSPS) is 16.7.